The van der Waals surface area contributed by atoms with Crippen LogP contribution < -0.4 is 4.74 Å². The van der Waals surface area contributed by atoms with Gasteiger partial charge in [0.2, 0.25) is 0 Å². The summed E-state index contributed by atoms with van der Waals surface area (Å²) in [6, 6.07) is 18.3. The van der Waals surface area contributed by atoms with Gasteiger partial charge >= 0.3 is 0 Å². The molecule has 0 amide bonds. The highest BCUT2D eigenvalue weighted by Crippen LogP contribution is 2.22. The SMILES string of the molecule is O[C@H](COc1ccc(-c2ccccc2)cc1)CN1CCCC1. The Hall–Kier alpha value is -1.84. The van der Waals surface area contributed by atoms with Crippen LogP contribution in [-0.2, 0) is 0 Å². The monoisotopic (exact) mass is 297 g/mol. The highest BCUT2D eigenvalue weighted by atomic mass is 16.5. The van der Waals surface area contributed by atoms with Crippen molar-refractivity contribution in [1.82, 2.24) is 4.90 Å². The van der Waals surface area contributed by atoms with Gasteiger partial charge in [0.1, 0.15) is 18.5 Å². The van der Waals surface area contributed by atoms with Gasteiger partial charge in [0.25, 0.3) is 0 Å². The highest BCUT2D eigenvalue weighted by molar-refractivity contribution is 5.63. The lowest BCUT2D eigenvalue weighted by Gasteiger charge is -2.19. The summed E-state index contributed by atoms with van der Waals surface area (Å²) < 4.78 is 5.69. The Labute approximate surface area is 132 Å². The van der Waals surface area contributed by atoms with E-state index in [0.717, 1.165) is 18.8 Å². The van der Waals surface area contributed by atoms with Crippen LogP contribution in [0, 0.1) is 0 Å². The van der Waals surface area contributed by atoms with Crippen LogP contribution in [0.3, 0.4) is 0 Å². The molecule has 0 saturated carbocycles. The van der Waals surface area contributed by atoms with Crippen LogP contribution in [0.4, 0.5) is 0 Å². The van der Waals surface area contributed by atoms with E-state index in [1.165, 1.54) is 24.0 Å². The van der Waals surface area contributed by atoms with Gasteiger partial charge in [-0.15, -0.1) is 0 Å². The van der Waals surface area contributed by atoms with E-state index in [1.54, 1.807) is 0 Å². The maximum Gasteiger partial charge on any atom is 0.119 e. The molecule has 1 saturated heterocycles. The Balaban J connectivity index is 1.50. The summed E-state index contributed by atoms with van der Waals surface area (Å²) in [4.78, 5) is 2.30. The third kappa shape index (κ3) is 4.09. The summed E-state index contributed by atoms with van der Waals surface area (Å²) in [5, 5.41) is 10.0. The van der Waals surface area contributed by atoms with Crippen molar-refractivity contribution in [2.24, 2.45) is 0 Å². The van der Waals surface area contributed by atoms with Crippen LogP contribution in [0.15, 0.2) is 54.6 Å². The Morgan fingerprint density at radius 1 is 0.909 bits per heavy atom. The topological polar surface area (TPSA) is 32.7 Å². The smallest absolute Gasteiger partial charge is 0.119 e. The number of likely N-dealkylation sites (tertiary alicyclic amines) is 1. The predicted molar refractivity (Wildman–Crippen MR) is 89.1 cm³/mol. The van der Waals surface area contributed by atoms with Crippen LogP contribution in [-0.4, -0.2) is 42.4 Å². The molecule has 1 heterocycles. The first kappa shape index (κ1) is 15.1. The maximum atomic E-state index is 10.0. The number of ether oxygens (including phenoxy) is 1. The molecule has 0 aliphatic carbocycles. The summed E-state index contributed by atoms with van der Waals surface area (Å²) in [6.45, 7) is 3.26. The number of benzene rings is 2. The lowest BCUT2D eigenvalue weighted by molar-refractivity contribution is 0.0758. The van der Waals surface area contributed by atoms with E-state index in [0.29, 0.717) is 13.2 Å². The Bertz CT molecular complexity index is 562. The lowest BCUT2D eigenvalue weighted by Crippen LogP contribution is -2.33. The molecular weight excluding hydrogens is 274 g/mol. The molecule has 22 heavy (non-hydrogen) atoms. The lowest BCUT2D eigenvalue weighted by atomic mass is 10.1. The molecule has 116 valence electrons. The van der Waals surface area contributed by atoms with E-state index >= 15 is 0 Å². The second-order valence-corrected chi connectivity index (χ2v) is 5.86. The standard InChI is InChI=1S/C19H23NO2/c21-18(14-20-12-4-5-13-20)15-22-19-10-8-17(9-11-19)16-6-2-1-3-7-16/h1-3,6-11,18,21H,4-5,12-15H2/t18-/m0/s1. The van der Waals surface area contributed by atoms with Crippen LogP contribution in [0.2, 0.25) is 0 Å². The zero-order valence-electron chi connectivity index (χ0n) is 12.8. The van der Waals surface area contributed by atoms with Crippen molar-refractivity contribution in [2.45, 2.75) is 18.9 Å². The molecule has 3 nitrogen and oxygen atoms in total. The first-order valence-corrected chi connectivity index (χ1v) is 8.00. The molecule has 1 atom stereocenters. The summed E-state index contributed by atoms with van der Waals surface area (Å²) in [5.41, 5.74) is 2.37. The fourth-order valence-corrected chi connectivity index (χ4v) is 2.88. The van der Waals surface area contributed by atoms with Gasteiger partial charge in [0.05, 0.1) is 0 Å². The van der Waals surface area contributed by atoms with Crippen LogP contribution >= 0.6 is 0 Å². The summed E-state index contributed by atoms with van der Waals surface area (Å²) in [5.74, 6) is 0.806. The molecule has 1 N–H and O–H groups in total. The van der Waals surface area contributed by atoms with Gasteiger partial charge < -0.3 is 14.7 Å². The second-order valence-electron chi connectivity index (χ2n) is 5.86. The number of nitrogens with zero attached hydrogens (tertiary/aromatic N) is 1. The van der Waals surface area contributed by atoms with Gasteiger partial charge in [-0.1, -0.05) is 42.5 Å². The van der Waals surface area contributed by atoms with Crippen molar-refractivity contribution in [3.05, 3.63) is 54.6 Å². The van der Waals surface area contributed by atoms with Crippen LogP contribution in [0.5, 0.6) is 5.75 Å². The summed E-state index contributed by atoms with van der Waals surface area (Å²) >= 11 is 0. The number of β-amino-alcohol motifs (C(OH)–C–C–N with tert-alkyl or cyclic N) is 1. The van der Waals surface area contributed by atoms with Gasteiger partial charge in [0.15, 0.2) is 0 Å². The van der Waals surface area contributed by atoms with Gasteiger partial charge in [-0.2, -0.15) is 0 Å². The van der Waals surface area contributed by atoms with Crippen molar-refractivity contribution in [3.63, 3.8) is 0 Å². The number of hydrogen-bond acceptors (Lipinski definition) is 3. The summed E-state index contributed by atoms with van der Waals surface area (Å²) in [7, 11) is 0. The molecule has 1 aliphatic heterocycles. The van der Waals surface area contributed by atoms with Gasteiger partial charge in [0, 0.05) is 6.54 Å². The molecule has 2 aromatic rings. The second kappa shape index (κ2) is 7.43. The molecule has 0 unspecified atom stereocenters. The molecular formula is C19H23NO2. The molecule has 2 aromatic carbocycles. The Kier molecular flexibility index (Phi) is 5.09. The third-order valence-electron chi connectivity index (χ3n) is 4.07. The average molecular weight is 297 g/mol. The Morgan fingerprint density at radius 3 is 2.23 bits per heavy atom. The predicted octanol–water partition coefficient (Wildman–Crippen LogP) is 3.19. The van der Waals surface area contributed by atoms with Crippen molar-refractivity contribution >= 4 is 0 Å². The number of aliphatic hydroxyl groups is 1. The number of rotatable bonds is 6. The third-order valence-corrected chi connectivity index (χ3v) is 4.07. The fraction of sp³-hybridized carbons (Fsp3) is 0.368. The van der Waals surface area contributed by atoms with E-state index in [9.17, 15) is 5.11 Å². The zero-order chi connectivity index (χ0) is 15.2. The highest BCUT2D eigenvalue weighted by Gasteiger charge is 2.16. The van der Waals surface area contributed by atoms with E-state index in [-0.39, 0.29) is 0 Å². The van der Waals surface area contributed by atoms with Crippen LogP contribution in [0.25, 0.3) is 11.1 Å². The van der Waals surface area contributed by atoms with Crippen molar-refractivity contribution < 1.29 is 9.84 Å². The van der Waals surface area contributed by atoms with E-state index in [4.69, 9.17) is 4.74 Å². The van der Waals surface area contributed by atoms with Gasteiger partial charge in [-0.05, 0) is 49.2 Å². The summed E-state index contributed by atoms with van der Waals surface area (Å²) in [6.07, 6.45) is 2.06. The molecule has 0 aromatic heterocycles. The van der Waals surface area contributed by atoms with Crippen LogP contribution in [0.1, 0.15) is 12.8 Å². The zero-order valence-corrected chi connectivity index (χ0v) is 12.8. The van der Waals surface area contributed by atoms with E-state index in [1.807, 2.05) is 30.3 Å². The van der Waals surface area contributed by atoms with E-state index in [2.05, 4.69) is 29.2 Å². The van der Waals surface area contributed by atoms with Crippen molar-refractivity contribution in [1.29, 1.82) is 0 Å². The average Bonchev–Trinajstić information content (AvgIpc) is 3.07. The van der Waals surface area contributed by atoms with Crippen molar-refractivity contribution in [2.75, 3.05) is 26.2 Å². The first-order chi connectivity index (χ1) is 10.8. The first-order valence-electron chi connectivity index (χ1n) is 8.00. The Morgan fingerprint density at radius 2 is 1.55 bits per heavy atom. The van der Waals surface area contributed by atoms with E-state index < -0.39 is 6.10 Å². The molecule has 1 fully saturated rings. The quantitative estimate of drug-likeness (QED) is 0.889. The minimum absolute atomic E-state index is 0.348. The normalized spacial score (nSPS) is 16.6. The minimum Gasteiger partial charge on any atom is -0.491 e. The van der Waals surface area contributed by atoms with Gasteiger partial charge in [-0.25, -0.2) is 0 Å². The minimum atomic E-state index is -0.424. The fourth-order valence-electron chi connectivity index (χ4n) is 2.88. The molecule has 1 aliphatic rings. The molecule has 3 rings (SSSR count). The van der Waals surface area contributed by atoms with Gasteiger partial charge in [-0.3, -0.25) is 0 Å². The number of hydrogen-bond donors (Lipinski definition) is 1. The molecule has 0 bridgehead atoms. The molecule has 0 radical (unpaired) electrons. The largest absolute Gasteiger partial charge is 0.491 e. The molecule has 3 heteroatoms. The molecule has 0 spiro atoms. The van der Waals surface area contributed by atoms with Crippen molar-refractivity contribution in [3.8, 4) is 16.9 Å². The maximum absolute atomic E-state index is 10.0. The number of aliphatic hydroxyl groups excluding tert-OH is 1.